The molecule has 2 aromatic rings. The third-order valence-electron chi connectivity index (χ3n) is 4.02. The molecule has 0 spiro atoms. The van der Waals surface area contributed by atoms with Crippen LogP contribution in [0.4, 0.5) is 19.0 Å². The predicted octanol–water partition coefficient (Wildman–Crippen LogP) is 2.82. The Hall–Kier alpha value is -2.09. The van der Waals surface area contributed by atoms with Gasteiger partial charge in [-0.15, -0.1) is 0 Å². The van der Waals surface area contributed by atoms with Gasteiger partial charge in [-0.25, -0.2) is 4.98 Å². The van der Waals surface area contributed by atoms with Crippen molar-refractivity contribution in [3.8, 4) is 0 Å². The van der Waals surface area contributed by atoms with Crippen LogP contribution in [0, 0.1) is 13.8 Å². The zero-order valence-corrected chi connectivity index (χ0v) is 13.5. The van der Waals surface area contributed by atoms with E-state index >= 15 is 0 Å². The number of hydrogen-bond acceptors (Lipinski definition) is 4. The van der Waals surface area contributed by atoms with Crippen molar-refractivity contribution in [2.75, 3.05) is 24.6 Å². The molecule has 0 N–H and O–H groups in total. The molecule has 130 valence electrons. The zero-order valence-electron chi connectivity index (χ0n) is 13.5. The van der Waals surface area contributed by atoms with Gasteiger partial charge in [0.05, 0.1) is 30.5 Å². The SMILES string of the molecule is Cc1cc(C)n(CC2CN(c3ccc(C(F)(F)F)cn3)CCO2)n1. The molecule has 2 aromatic heterocycles. The normalized spacial score (nSPS) is 18.9. The summed E-state index contributed by atoms with van der Waals surface area (Å²) in [6.45, 7) is 6.20. The first-order valence-corrected chi connectivity index (χ1v) is 7.74. The summed E-state index contributed by atoms with van der Waals surface area (Å²) in [6.07, 6.45) is -3.57. The average molecular weight is 340 g/mol. The van der Waals surface area contributed by atoms with Crippen LogP contribution in [0.15, 0.2) is 24.4 Å². The molecule has 1 aliphatic heterocycles. The molecule has 5 nitrogen and oxygen atoms in total. The Kier molecular flexibility index (Phi) is 4.49. The summed E-state index contributed by atoms with van der Waals surface area (Å²) in [7, 11) is 0. The van der Waals surface area contributed by atoms with Gasteiger partial charge in [0, 0.05) is 25.0 Å². The van der Waals surface area contributed by atoms with Gasteiger partial charge in [-0.2, -0.15) is 18.3 Å². The Morgan fingerprint density at radius 1 is 1.29 bits per heavy atom. The van der Waals surface area contributed by atoms with Crippen LogP contribution < -0.4 is 4.90 Å². The van der Waals surface area contributed by atoms with E-state index in [4.69, 9.17) is 4.74 Å². The lowest BCUT2D eigenvalue weighted by molar-refractivity contribution is -0.137. The lowest BCUT2D eigenvalue weighted by Crippen LogP contribution is -2.44. The van der Waals surface area contributed by atoms with Crippen LogP contribution in [0.5, 0.6) is 0 Å². The smallest absolute Gasteiger partial charge is 0.373 e. The van der Waals surface area contributed by atoms with E-state index in [0.717, 1.165) is 23.7 Å². The highest BCUT2D eigenvalue weighted by molar-refractivity contribution is 5.40. The van der Waals surface area contributed by atoms with E-state index in [2.05, 4.69) is 10.1 Å². The van der Waals surface area contributed by atoms with Crippen molar-refractivity contribution in [2.24, 2.45) is 0 Å². The first-order chi connectivity index (χ1) is 11.3. The van der Waals surface area contributed by atoms with E-state index in [0.29, 0.717) is 32.1 Å². The fourth-order valence-corrected chi connectivity index (χ4v) is 2.83. The molecule has 0 aromatic carbocycles. The monoisotopic (exact) mass is 340 g/mol. The van der Waals surface area contributed by atoms with Crippen LogP contribution in [-0.2, 0) is 17.5 Å². The second kappa shape index (κ2) is 6.43. The number of aromatic nitrogens is 3. The van der Waals surface area contributed by atoms with Crippen molar-refractivity contribution < 1.29 is 17.9 Å². The number of pyridine rings is 1. The van der Waals surface area contributed by atoms with Gasteiger partial charge in [-0.05, 0) is 32.0 Å². The van der Waals surface area contributed by atoms with Crippen LogP contribution >= 0.6 is 0 Å². The number of aryl methyl sites for hydroxylation is 2. The number of rotatable bonds is 3. The molecule has 0 amide bonds. The maximum absolute atomic E-state index is 12.6. The topological polar surface area (TPSA) is 43.2 Å². The minimum Gasteiger partial charge on any atom is -0.373 e. The molecule has 1 aliphatic rings. The molecule has 1 atom stereocenters. The lowest BCUT2D eigenvalue weighted by Gasteiger charge is -2.34. The highest BCUT2D eigenvalue weighted by Gasteiger charge is 2.31. The van der Waals surface area contributed by atoms with Gasteiger partial charge in [0.2, 0.25) is 0 Å². The standard InChI is InChI=1S/C16H19F3N4O/c1-11-7-12(2)23(21-11)10-14-9-22(5-6-24-14)15-4-3-13(8-20-15)16(17,18)19/h3-4,7-8,14H,5-6,9-10H2,1-2H3. The molecule has 0 aliphatic carbocycles. The van der Waals surface area contributed by atoms with Gasteiger partial charge >= 0.3 is 6.18 Å². The number of hydrogen-bond donors (Lipinski definition) is 0. The molecule has 0 bridgehead atoms. The largest absolute Gasteiger partial charge is 0.417 e. The Morgan fingerprint density at radius 2 is 2.08 bits per heavy atom. The zero-order chi connectivity index (χ0) is 17.3. The Morgan fingerprint density at radius 3 is 2.67 bits per heavy atom. The van der Waals surface area contributed by atoms with Gasteiger partial charge in [0.25, 0.3) is 0 Å². The van der Waals surface area contributed by atoms with E-state index in [1.54, 1.807) is 0 Å². The molecular weight excluding hydrogens is 321 g/mol. The maximum atomic E-state index is 12.6. The third kappa shape index (κ3) is 3.69. The Bertz CT molecular complexity index is 696. The van der Waals surface area contributed by atoms with Crippen molar-refractivity contribution in [1.82, 2.24) is 14.8 Å². The molecule has 24 heavy (non-hydrogen) atoms. The molecule has 1 fully saturated rings. The van der Waals surface area contributed by atoms with Crippen LogP contribution in [0.25, 0.3) is 0 Å². The molecule has 0 saturated carbocycles. The van der Waals surface area contributed by atoms with E-state index < -0.39 is 11.7 Å². The van der Waals surface area contributed by atoms with Gasteiger partial charge in [0.1, 0.15) is 5.82 Å². The van der Waals surface area contributed by atoms with Crippen molar-refractivity contribution in [2.45, 2.75) is 32.7 Å². The van der Waals surface area contributed by atoms with E-state index in [9.17, 15) is 13.2 Å². The van der Waals surface area contributed by atoms with Crippen LogP contribution in [-0.4, -0.2) is 40.6 Å². The number of nitrogens with zero attached hydrogens (tertiary/aromatic N) is 4. The van der Waals surface area contributed by atoms with E-state index in [-0.39, 0.29) is 6.10 Å². The highest BCUT2D eigenvalue weighted by Crippen LogP contribution is 2.29. The molecule has 8 heteroatoms. The fraction of sp³-hybridized carbons (Fsp3) is 0.500. The summed E-state index contributed by atoms with van der Waals surface area (Å²) in [5, 5.41) is 4.42. The number of alkyl halides is 3. The minimum absolute atomic E-state index is 0.0826. The van der Waals surface area contributed by atoms with Crippen molar-refractivity contribution in [1.29, 1.82) is 0 Å². The molecular formula is C16H19F3N4O. The van der Waals surface area contributed by atoms with Gasteiger partial charge in [-0.1, -0.05) is 0 Å². The molecule has 3 rings (SSSR count). The quantitative estimate of drug-likeness (QED) is 0.862. The third-order valence-corrected chi connectivity index (χ3v) is 4.02. The van der Waals surface area contributed by atoms with Gasteiger partial charge in [0.15, 0.2) is 0 Å². The summed E-state index contributed by atoms with van der Waals surface area (Å²) < 4.78 is 45.5. The fourth-order valence-electron chi connectivity index (χ4n) is 2.83. The lowest BCUT2D eigenvalue weighted by atomic mass is 10.2. The number of halogens is 3. The van der Waals surface area contributed by atoms with E-state index in [1.165, 1.54) is 6.07 Å². The van der Waals surface area contributed by atoms with Crippen molar-refractivity contribution in [3.63, 3.8) is 0 Å². The Labute approximate surface area is 138 Å². The predicted molar refractivity (Wildman–Crippen MR) is 82.9 cm³/mol. The molecule has 0 radical (unpaired) electrons. The van der Waals surface area contributed by atoms with Crippen molar-refractivity contribution >= 4 is 5.82 Å². The van der Waals surface area contributed by atoms with Crippen molar-refractivity contribution in [3.05, 3.63) is 41.3 Å². The molecule has 1 unspecified atom stereocenters. The molecule has 1 saturated heterocycles. The summed E-state index contributed by atoms with van der Waals surface area (Å²) in [6, 6.07) is 4.47. The summed E-state index contributed by atoms with van der Waals surface area (Å²) in [5.74, 6) is 0.532. The minimum atomic E-state index is -4.37. The second-order valence-corrected chi connectivity index (χ2v) is 5.95. The van der Waals surface area contributed by atoms with Crippen LogP contribution in [0.3, 0.4) is 0 Å². The summed E-state index contributed by atoms with van der Waals surface area (Å²) in [4.78, 5) is 5.90. The Balaban J connectivity index is 1.68. The highest BCUT2D eigenvalue weighted by atomic mass is 19.4. The van der Waals surface area contributed by atoms with Crippen LogP contribution in [0.1, 0.15) is 17.0 Å². The average Bonchev–Trinajstić information content (AvgIpc) is 2.84. The first-order valence-electron chi connectivity index (χ1n) is 7.74. The number of anilines is 1. The van der Waals surface area contributed by atoms with E-state index in [1.807, 2.05) is 29.5 Å². The maximum Gasteiger partial charge on any atom is 0.417 e. The molecule has 3 heterocycles. The van der Waals surface area contributed by atoms with Gasteiger partial charge in [-0.3, -0.25) is 4.68 Å². The summed E-state index contributed by atoms with van der Waals surface area (Å²) in [5.41, 5.74) is 1.27. The summed E-state index contributed by atoms with van der Waals surface area (Å²) >= 11 is 0. The number of ether oxygens (including phenoxy) is 1. The van der Waals surface area contributed by atoms with Crippen LogP contribution in [0.2, 0.25) is 0 Å². The second-order valence-electron chi connectivity index (χ2n) is 5.95. The number of morpholine rings is 1. The first kappa shape index (κ1) is 16.8. The van der Waals surface area contributed by atoms with Gasteiger partial charge < -0.3 is 9.64 Å².